The molecule has 0 amide bonds. The van der Waals surface area contributed by atoms with Gasteiger partial charge in [-0.25, -0.2) is 19.1 Å². The minimum atomic E-state index is -0.764. The monoisotopic (exact) mass is 526 g/mol. The lowest BCUT2D eigenvalue weighted by Crippen LogP contribution is -2.36. The smallest absolute Gasteiger partial charge is 0.341 e. The van der Waals surface area contributed by atoms with Gasteiger partial charge in [0.15, 0.2) is 0 Å². The number of fused-ring (bicyclic) bond motifs is 3. The standard InChI is InChI=1S/C31H27FN2O5/c1-17-22-14-24-19(6-5-11-31(24,2)15-27(22)39-29(17)36)16-38-30(37)23-12-18(9-10-25(23)32)13-26-20-7-3-4-8-21(20)28(35)34-33-26/h3-4,6-10,12,14,22,27H,1,5,11,13,15-16H2,2H3,(H,34,35)/t22?,27?,31-/m1/s1. The zero-order valence-electron chi connectivity index (χ0n) is 21.5. The van der Waals surface area contributed by atoms with E-state index in [2.05, 4.69) is 23.7 Å². The van der Waals surface area contributed by atoms with Crippen LogP contribution in [-0.4, -0.2) is 34.8 Å². The molecule has 0 radical (unpaired) electrons. The molecule has 2 unspecified atom stereocenters. The molecule has 3 atom stereocenters. The number of aromatic amines is 1. The van der Waals surface area contributed by atoms with E-state index in [1.807, 2.05) is 24.3 Å². The van der Waals surface area contributed by atoms with Crippen molar-refractivity contribution < 1.29 is 23.5 Å². The van der Waals surface area contributed by atoms with Gasteiger partial charge in [-0.05, 0) is 59.6 Å². The molecule has 6 rings (SSSR count). The summed E-state index contributed by atoms with van der Waals surface area (Å²) in [6.45, 7) is 6.03. The quantitative estimate of drug-likeness (QED) is 0.373. The molecule has 2 heterocycles. The topological polar surface area (TPSA) is 98.3 Å². The van der Waals surface area contributed by atoms with Gasteiger partial charge >= 0.3 is 11.9 Å². The molecule has 3 aromatic rings. The van der Waals surface area contributed by atoms with Crippen LogP contribution >= 0.6 is 0 Å². The number of ether oxygens (including phenoxy) is 2. The minimum absolute atomic E-state index is 0.00525. The fourth-order valence-corrected chi connectivity index (χ4v) is 6.06. The molecular weight excluding hydrogens is 499 g/mol. The van der Waals surface area contributed by atoms with Crippen molar-refractivity contribution in [3.8, 4) is 0 Å². The molecule has 1 N–H and O–H groups in total. The van der Waals surface area contributed by atoms with Crippen LogP contribution in [0.1, 0.15) is 47.8 Å². The van der Waals surface area contributed by atoms with Gasteiger partial charge in [0, 0.05) is 23.3 Å². The molecule has 0 spiro atoms. The molecule has 2 aromatic carbocycles. The number of aromatic nitrogens is 2. The fourth-order valence-electron chi connectivity index (χ4n) is 6.06. The molecule has 3 aliphatic rings. The predicted octanol–water partition coefficient (Wildman–Crippen LogP) is 4.96. The molecule has 0 saturated carbocycles. The number of rotatable bonds is 5. The van der Waals surface area contributed by atoms with Gasteiger partial charge in [-0.3, -0.25) is 4.79 Å². The van der Waals surface area contributed by atoms with Crippen molar-refractivity contribution >= 4 is 22.7 Å². The van der Waals surface area contributed by atoms with Crippen LogP contribution in [0.5, 0.6) is 0 Å². The highest BCUT2D eigenvalue weighted by Crippen LogP contribution is 2.52. The van der Waals surface area contributed by atoms with Crippen LogP contribution in [0.2, 0.25) is 0 Å². The number of esters is 2. The van der Waals surface area contributed by atoms with Crippen LogP contribution in [-0.2, 0) is 20.7 Å². The second-order valence-corrected chi connectivity index (χ2v) is 10.7. The third-order valence-corrected chi connectivity index (χ3v) is 8.16. The number of allylic oxidation sites excluding steroid dienone is 1. The van der Waals surface area contributed by atoms with Gasteiger partial charge in [0.1, 0.15) is 18.5 Å². The molecule has 1 saturated heterocycles. The Morgan fingerprint density at radius 1 is 1.23 bits per heavy atom. The maximum atomic E-state index is 14.7. The van der Waals surface area contributed by atoms with E-state index in [1.165, 1.54) is 12.1 Å². The highest BCUT2D eigenvalue weighted by Gasteiger charge is 2.48. The summed E-state index contributed by atoms with van der Waals surface area (Å²) in [7, 11) is 0. The number of halogens is 1. The second kappa shape index (κ2) is 9.45. The number of carbonyl (C=O) groups is 2. The normalized spacial score (nSPS) is 23.9. The summed E-state index contributed by atoms with van der Waals surface area (Å²) in [6, 6.07) is 11.4. The molecule has 2 aliphatic carbocycles. The number of H-pyrrole nitrogens is 1. The molecule has 0 bridgehead atoms. The SMILES string of the molecule is C=C1C(=O)OC2C[C@@]3(C)CCC=C(COC(=O)c4cc(Cc5n[nH]c(=O)c6ccccc56)ccc4F)C3=CC12. The van der Waals surface area contributed by atoms with E-state index in [0.717, 1.165) is 24.0 Å². The van der Waals surface area contributed by atoms with E-state index in [4.69, 9.17) is 9.47 Å². The molecule has 1 aliphatic heterocycles. The molecule has 8 heteroatoms. The second-order valence-electron chi connectivity index (χ2n) is 10.7. The van der Waals surface area contributed by atoms with E-state index in [9.17, 15) is 18.8 Å². The lowest BCUT2D eigenvalue weighted by Gasteiger charge is -2.42. The van der Waals surface area contributed by atoms with Gasteiger partial charge in [-0.15, -0.1) is 0 Å². The van der Waals surface area contributed by atoms with Crippen LogP contribution in [0.3, 0.4) is 0 Å². The van der Waals surface area contributed by atoms with Crippen molar-refractivity contribution in [2.75, 3.05) is 6.61 Å². The van der Waals surface area contributed by atoms with E-state index in [0.29, 0.717) is 40.4 Å². The van der Waals surface area contributed by atoms with Crippen molar-refractivity contribution in [3.05, 3.63) is 111 Å². The van der Waals surface area contributed by atoms with Gasteiger partial charge in [0.05, 0.1) is 16.6 Å². The Bertz CT molecular complexity index is 1670. The first-order valence-corrected chi connectivity index (χ1v) is 13.0. The van der Waals surface area contributed by atoms with Crippen LogP contribution in [0.25, 0.3) is 10.8 Å². The van der Waals surface area contributed by atoms with Crippen molar-refractivity contribution in [2.45, 2.75) is 38.7 Å². The van der Waals surface area contributed by atoms with Gasteiger partial charge in [-0.2, -0.15) is 5.10 Å². The first-order chi connectivity index (χ1) is 18.7. The highest BCUT2D eigenvalue weighted by atomic mass is 19.1. The molecule has 7 nitrogen and oxygen atoms in total. The Balaban J connectivity index is 1.21. The number of carbonyl (C=O) groups excluding carboxylic acids is 2. The van der Waals surface area contributed by atoms with Gasteiger partial charge in [0.25, 0.3) is 5.56 Å². The number of nitrogens with one attached hydrogen (secondary N) is 1. The summed E-state index contributed by atoms with van der Waals surface area (Å²) >= 11 is 0. The number of hydrogen-bond donors (Lipinski definition) is 1. The zero-order chi connectivity index (χ0) is 27.3. The Labute approximate surface area is 224 Å². The van der Waals surface area contributed by atoms with E-state index in [-0.39, 0.29) is 41.1 Å². The van der Waals surface area contributed by atoms with Crippen LogP contribution in [0.4, 0.5) is 4.39 Å². The minimum Gasteiger partial charge on any atom is -0.458 e. The zero-order valence-corrected chi connectivity index (χ0v) is 21.5. The fraction of sp³-hybridized carbons (Fsp3) is 0.290. The molecule has 1 fully saturated rings. The molecule has 1 aromatic heterocycles. The Morgan fingerprint density at radius 3 is 2.85 bits per heavy atom. The van der Waals surface area contributed by atoms with Crippen molar-refractivity contribution in [3.63, 3.8) is 0 Å². The molecule has 39 heavy (non-hydrogen) atoms. The summed E-state index contributed by atoms with van der Waals surface area (Å²) in [4.78, 5) is 37.2. The van der Waals surface area contributed by atoms with Crippen molar-refractivity contribution in [1.82, 2.24) is 10.2 Å². The largest absolute Gasteiger partial charge is 0.458 e. The van der Waals surface area contributed by atoms with Gasteiger partial charge < -0.3 is 9.47 Å². The summed E-state index contributed by atoms with van der Waals surface area (Å²) < 4.78 is 25.9. The Morgan fingerprint density at radius 2 is 2.03 bits per heavy atom. The predicted molar refractivity (Wildman–Crippen MR) is 142 cm³/mol. The molecular formula is C31H27FN2O5. The van der Waals surface area contributed by atoms with E-state index >= 15 is 0 Å². The summed E-state index contributed by atoms with van der Waals surface area (Å²) in [5, 5.41) is 7.88. The third-order valence-electron chi connectivity index (χ3n) is 8.16. The number of nitrogens with zero attached hydrogens (tertiary/aromatic N) is 1. The lowest BCUT2D eigenvalue weighted by molar-refractivity contribution is -0.140. The maximum Gasteiger partial charge on any atom is 0.341 e. The summed E-state index contributed by atoms with van der Waals surface area (Å²) in [5.74, 6) is -1.99. The van der Waals surface area contributed by atoms with E-state index < -0.39 is 11.8 Å². The van der Waals surface area contributed by atoms with Crippen molar-refractivity contribution in [1.29, 1.82) is 0 Å². The highest BCUT2D eigenvalue weighted by molar-refractivity contribution is 5.92. The van der Waals surface area contributed by atoms with Crippen LogP contribution in [0, 0.1) is 17.2 Å². The average molecular weight is 527 g/mol. The summed E-state index contributed by atoms with van der Waals surface area (Å²) in [6.07, 6.45) is 6.53. The van der Waals surface area contributed by atoms with Crippen LogP contribution < -0.4 is 5.56 Å². The first-order valence-electron chi connectivity index (χ1n) is 13.0. The number of hydrogen-bond acceptors (Lipinski definition) is 6. The maximum absolute atomic E-state index is 14.7. The lowest BCUT2D eigenvalue weighted by atomic mass is 9.63. The van der Waals surface area contributed by atoms with Crippen LogP contribution in [0.15, 0.2) is 82.7 Å². The van der Waals surface area contributed by atoms with Gasteiger partial charge in [-0.1, -0.05) is 49.9 Å². The van der Waals surface area contributed by atoms with Crippen molar-refractivity contribution in [2.24, 2.45) is 11.3 Å². The third kappa shape index (κ3) is 4.39. The molecule has 198 valence electrons. The van der Waals surface area contributed by atoms with Gasteiger partial charge in [0.2, 0.25) is 0 Å². The first kappa shape index (κ1) is 25.0. The Hall–Kier alpha value is -4.33. The van der Waals surface area contributed by atoms with E-state index in [1.54, 1.807) is 18.2 Å². The average Bonchev–Trinajstić information content (AvgIpc) is 3.19. The Kier molecular flexibility index (Phi) is 6.05. The number of benzene rings is 2. The summed E-state index contributed by atoms with van der Waals surface area (Å²) in [5.41, 5.74) is 2.95.